The second-order valence-electron chi connectivity index (χ2n) is 7.96. The quantitative estimate of drug-likeness (QED) is 0.494. The Morgan fingerprint density at radius 1 is 1.21 bits per heavy atom. The van der Waals surface area contributed by atoms with Gasteiger partial charge in [0.1, 0.15) is 4.83 Å². The van der Waals surface area contributed by atoms with Crippen molar-refractivity contribution in [3.05, 3.63) is 30.1 Å². The number of anilines is 1. The Morgan fingerprint density at radius 3 is 2.82 bits per heavy atom. The van der Waals surface area contributed by atoms with Gasteiger partial charge in [0.15, 0.2) is 5.65 Å². The van der Waals surface area contributed by atoms with Gasteiger partial charge in [-0.2, -0.15) is 5.10 Å². The summed E-state index contributed by atoms with van der Waals surface area (Å²) in [4.78, 5) is 10.6. The van der Waals surface area contributed by atoms with Crippen molar-refractivity contribution in [3.8, 4) is 11.3 Å². The van der Waals surface area contributed by atoms with Crippen LogP contribution in [-0.4, -0.2) is 25.0 Å². The fourth-order valence-corrected chi connectivity index (χ4v) is 6.69. The van der Waals surface area contributed by atoms with Crippen molar-refractivity contribution in [2.24, 2.45) is 7.05 Å². The van der Waals surface area contributed by atoms with E-state index in [9.17, 15) is 0 Å². The molecule has 0 bridgehead atoms. The number of rotatable bonds is 4. The predicted octanol–water partition coefficient (Wildman–Crippen LogP) is 5.35. The van der Waals surface area contributed by atoms with Crippen molar-refractivity contribution in [2.45, 2.75) is 47.5 Å². The minimum atomic E-state index is 0.623. The van der Waals surface area contributed by atoms with Crippen LogP contribution >= 0.6 is 23.1 Å². The Hall–Kier alpha value is -2.12. The number of nitrogens with zero attached hydrogens (tertiary/aromatic N) is 4. The van der Waals surface area contributed by atoms with Crippen LogP contribution in [0.4, 0.5) is 5.69 Å². The average Bonchev–Trinajstić information content (AvgIpc) is 3.35. The normalized spacial score (nSPS) is 17.5. The van der Waals surface area contributed by atoms with Crippen LogP contribution < -0.4 is 5.73 Å². The highest BCUT2D eigenvalue weighted by molar-refractivity contribution is 8.02. The summed E-state index contributed by atoms with van der Waals surface area (Å²) in [6.45, 7) is 0. The van der Waals surface area contributed by atoms with E-state index in [1.807, 2.05) is 31.2 Å². The highest BCUT2D eigenvalue weighted by Gasteiger charge is 2.30. The topological polar surface area (TPSA) is 69.6 Å². The summed E-state index contributed by atoms with van der Waals surface area (Å²) in [5.41, 5.74) is 11.8. The van der Waals surface area contributed by atoms with Crippen LogP contribution in [0.15, 0.2) is 28.7 Å². The molecule has 4 aromatic heterocycles. The molecule has 0 aliphatic heterocycles. The van der Waals surface area contributed by atoms with Crippen molar-refractivity contribution in [2.75, 3.05) is 5.73 Å². The van der Waals surface area contributed by atoms with E-state index in [0.29, 0.717) is 5.92 Å². The number of thiophene rings is 1. The highest BCUT2D eigenvalue weighted by Crippen LogP contribution is 2.51. The minimum Gasteiger partial charge on any atom is -0.397 e. The zero-order chi connectivity index (χ0) is 18.8. The van der Waals surface area contributed by atoms with E-state index in [1.54, 1.807) is 16.0 Å². The Labute approximate surface area is 171 Å². The van der Waals surface area contributed by atoms with Crippen LogP contribution in [-0.2, 0) is 7.05 Å². The molecule has 0 unspecified atom stereocenters. The first-order valence-electron chi connectivity index (χ1n) is 9.85. The van der Waals surface area contributed by atoms with Crippen LogP contribution in [0.1, 0.15) is 43.6 Å². The molecule has 5 nitrogen and oxygen atoms in total. The van der Waals surface area contributed by atoms with Crippen molar-refractivity contribution in [3.63, 3.8) is 0 Å². The molecule has 28 heavy (non-hydrogen) atoms. The zero-order valence-electron chi connectivity index (χ0n) is 15.7. The molecule has 2 N–H and O–H groups in total. The van der Waals surface area contributed by atoms with Crippen molar-refractivity contribution >= 4 is 50.0 Å². The highest BCUT2D eigenvalue weighted by atomic mass is 32.2. The van der Waals surface area contributed by atoms with E-state index in [-0.39, 0.29) is 0 Å². The molecule has 2 aliphatic rings. The molecule has 0 aromatic carbocycles. The third kappa shape index (κ3) is 2.71. The van der Waals surface area contributed by atoms with E-state index in [2.05, 4.69) is 22.2 Å². The van der Waals surface area contributed by atoms with Crippen LogP contribution in [0, 0.1) is 0 Å². The third-order valence-electron chi connectivity index (χ3n) is 5.81. The summed E-state index contributed by atoms with van der Waals surface area (Å²) in [5, 5.41) is 7.36. The summed E-state index contributed by atoms with van der Waals surface area (Å²) in [6, 6.07) is 4.39. The molecule has 2 saturated carbocycles. The van der Waals surface area contributed by atoms with E-state index < -0.39 is 0 Å². The zero-order valence-corrected chi connectivity index (χ0v) is 17.3. The number of pyridine rings is 2. The molecule has 0 spiro atoms. The smallest absolute Gasteiger partial charge is 0.181 e. The van der Waals surface area contributed by atoms with Gasteiger partial charge in [0.2, 0.25) is 0 Å². The lowest BCUT2D eigenvalue weighted by Crippen LogP contribution is -2.12. The predicted molar refractivity (Wildman–Crippen MR) is 117 cm³/mol. The summed E-state index contributed by atoms with van der Waals surface area (Å²) >= 11 is 3.73. The Balaban J connectivity index is 1.50. The SMILES string of the molecule is Cn1cc2cc(-c3cc(C4CC4)c4c(N)c(SC5CCC5)sc4n3)cnc2n1. The summed E-state index contributed by atoms with van der Waals surface area (Å²) in [5.74, 6) is 0.623. The maximum absolute atomic E-state index is 6.62. The number of thioether (sulfide) groups is 1. The first-order chi connectivity index (χ1) is 13.7. The lowest BCUT2D eigenvalue weighted by molar-refractivity contribution is 0.522. The molecule has 2 fully saturated rings. The van der Waals surface area contributed by atoms with Gasteiger partial charge >= 0.3 is 0 Å². The maximum atomic E-state index is 6.62. The fourth-order valence-electron chi connectivity index (χ4n) is 3.89. The summed E-state index contributed by atoms with van der Waals surface area (Å²) in [6.07, 6.45) is 10.4. The van der Waals surface area contributed by atoms with E-state index in [1.165, 1.54) is 47.3 Å². The number of nitrogens with two attached hydrogens (primary N) is 1. The van der Waals surface area contributed by atoms with Gasteiger partial charge in [-0.25, -0.2) is 9.97 Å². The molecule has 7 heteroatoms. The van der Waals surface area contributed by atoms with Crippen LogP contribution in [0.5, 0.6) is 0 Å². The second kappa shape index (κ2) is 6.19. The molecule has 4 heterocycles. The van der Waals surface area contributed by atoms with E-state index >= 15 is 0 Å². The van der Waals surface area contributed by atoms with Gasteiger partial charge in [0, 0.05) is 41.0 Å². The standard InChI is InChI=1S/C21H21N5S2/c1-26-10-13-7-12(9-23-19(13)25-26)16-8-15(11-5-6-11)17-18(22)21(28-20(17)24-16)27-14-3-2-4-14/h7-11,14H,2-6,22H2,1H3. The van der Waals surface area contributed by atoms with E-state index in [4.69, 9.17) is 10.7 Å². The monoisotopic (exact) mass is 407 g/mol. The molecular formula is C21H21N5S2. The number of aryl methyl sites for hydroxylation is 1. The lowest BCUT2D eigenvalue weighted by atomic mass is 10.0. The Morgan fingerprint density at radius 2 is 2.07 bits per heavy atom. The second-order valence-corrected chi connectivity index (χ2v) is 10.5. The minimum absolute atomic E-state index is 0.623. The number of aromatic nitrogens is 4. The van der Waals surface area contributed by atoms with Gasteiger partial charge in [-0.05, 0) is 49.3 Å². The largest absolute Gasteiger partial charge is 0.397 e. The van der Waals surface area contributed by atoms with Crippen molar-refractivity contribution < 1.29 is 0 Å². The number of nitrogen functional groups attached to an aromatic ring is 1. The molecule has 0 amide bonds. The van der Waals surface area contributed by atoms with Crippen molar-refractivity contribution in [1.29, 1.82) is 0 Å². The Bertz CT molecular complexity index is 1220. The molecule has 0 radical (unpaired) electrons. The average molecular weight is 408 g/mol. The first-order valence-corrected chi connectivity index (χ1v) is 11.5. The van der Waals surface area contributed by atoms with Gasteiger partial charge in [-0.15, -0.1) is 23.1 Å². The maximum Gasteiger partial charge on any atom is 0.181 e. The first kappa shape index (κ1) is 16.8. The lowest BCUT2D eigenvalue weighted by Gasteiger charge is -2.23. The molecule has 0 atom stereocenters. The number of hydrogen-bond donors (Lipinski definition) is 1. The summed E-state index contributed by atoms with van der Waals surface area (Å²) < 4.78 is 3.06. The Kier molecular flexibility index (Phi) is 3.71. The molecular weight excluding hydrogens is 386 g/mol. The van der Waals surface area contributed by atoms with Crippen LogP contribution in [0.2, 0.25) is 0 Å². The van der Waals surface area contributed by atoms with Crippen molar-refractivity contribution in [1.82, 2.24) is 19.7 Å². The number of fused-ring (bicyclic) bond motifs is 2. The molecule has 142 valence electrons. The molecule has 2 aliphatic carbocycles. The number of hydrogen-bond acceptors (Lipinski definition) is 6. The molecule has 4 aromatic rings. The van der Waals surface area contributed by atoms with Crippen LogP contribution in [0.3, 0.4) is 0 Å². The van der Waals surface area contributed by atoms with Gasteiger partial charge < -0.3 is 5.73 Å². The van der Waals surface area contributed by atoms with Gasteiger partial charge in [-0.1, -0.05) is 6.42 Å². The fraction of sp³-hybridized carbons (Fsp3) is 0.381. The summed E-state index contributed by atoms with van der Waals surface area (Å²) in [7, 11) is 1.92. The molecule has 0 saturated heterocycles. The van der Waals surface area contributed by atoms with Gasteiger partial charge in [0.05, 0.1) is 15.6 Å². The molecule has 6 rings (SSSR count). The van der Waals surface area contributed by atoms with Crippen LogP contribution in [0.25, 0.3) is 32.5 Å². The third-order valence-corrected chi connectivity index (χ3v) is 8.48. The van der Waals surface area contributed by atoms with Gasteiger partial charge in [0.25, 0.3) is 0 Å². The van der Waals surface area contributed by atoms with Gasteiger partial charge in [-0.3, -0.25) is 4.68 Å². The van der Waals surface area contributed by atoms with E-state index in [0.717, 1.165) is 38.1 Å².